The Balaban J connectivity index is 2.11. The van der Waals surface area contributed by atoms with Crippen LogP contribution in [0.4, 0.5) is 0 Å². The lowest BCUT2D eigenvalue weighted by atomic mass is 9.76. The van der Waals surface area contributed by atoms with Gasteiger partial charge in [-0.05, 0) is 30.6 Å². The fourth-order valence-corrected chi connectivity index (χ4v) is 2.83. The van der Waals surface area contributed by atoms with Gasteiger partial charge >= 0.3 is 0 Å². The zero-order chi connectivity index (χ0) is 11.7. The molecule has 16 heavy (non-hydrogen) atoms. The topological polar surface area (TPSA) is 38.0 Å². The van der Waals surface area contributed by atoms with Crippen molar-refractivity contribution in [3.63, 3.8) is 0 Å². The maximum Gasteiger partial charge on any atom is 0.0715 e. The standard InChI is InChI=1S/C13H22N2O/c1-9(2)13-12(8-16)6-14-15(13)7-11-4-10(3)5-11/h6,9-11,16H,4-5,7-8H2,1-3H3. The van der Waals surface area contributed by atoms with Crippen molar-refractivity contribution < 1.29 is 5.11 Å². The van der Waals surface area contributed by atoms with E-state index in [1.165, 1.54) is 18.5 Å². The molecular weight excluding hydrogens is 200 g/mol. The first-order valence-corrected chi connectivity index (χ1v) is 6.27. The van der Waals surface area contributed by atoms with Crippen LogP contribution in [0.15, 0.2) is 6.20 Å². The van der Waals surface area contributed by atoms with E-state index in [1.54, 1.807) is 0 Å². The van der Waals surface area contributed by atoms with E-state index in [0.717, 1.165) is 23.9 Å². The minimum atomic E-state index is 0.106. The number of aliphatic hydroxyl groups excluding tert-OH is 1. The third-order valence-electron chi connectivity index (χ3n) is 3.58. The highest BCUT2D eigenvalue weighted by Gasteiger charge is 2.27. The minimum Gasteiger partial charge on any atom is -0.392 e. The molecule has 0 aliphatic heterocycles. The summed E-state index contributed by atoms with van der Waals surface area (Å²) in [7, 11) is 0. The molecular formula is C13H22N2O. The van der Waals surface area contributed by atoms with Crippen molar-refractivity contribution in [3.05, 3.63) is 17.5 Å². The fraction of sp³-hybridized carbons (Fsp3) is 0.769. The van der Waals surface area contributed by atoms with E-state index >= 15 is 0 Å². The van der Waals surface area contributed by atoms with Crippen LogP contribution in [0.1, 0.15) is 50.8 Å². The van der Waals surface area contributed by atoms with Crippen molar-refractivity contribution in [3.8, 4) is 0 Å². The lowest BCUT2D eigenvalue weighted by Crippen LogP contribution is -2.26. The van der Waals surface area contributed by atoms with E-state index in [0.29, 0.717) is 5.92 Å². The van der Waals surface area contributed by atoms with E-state index < -0.39 is 0 Å². The van der Waals surface area contributed by atoms with Gasteiger partial charge in [-0.25, -0.2) is 0 Å². The largest absolute Gasteiger partial charge is 0.392 e. The predicted molar refractivity (Wildman–Crippen MR) is 64.1 cm³/mol. The van der Waals surface area contributed by atoms with Crippen molar-refractivity contribution in [1.29, 1.82) is 0 Å². The molecule has 0 atom stereocenters. The molecule has 0 aromatic carbocycles. The summed E-state index contributed by atoms with van der Waals surface area (Å²) < 4.78 is 2.10. The molecule has 1 heterocycles. The number of nitrogens with zero attached hydrogens (tertiary/aromatic N) is 2. The summed E-state index contributed by atoms with van der Waals surface area (Å²) in [6.07, 6.45) is 4.47. The Labute approximate surface area is 97.5 Å². The average molecular weight is 222 g/mol. The van der Waals surface area contributed by atoms with Gasteiger partial charge < -0.3 is 5.11 Å². The molecule has 0 bridgehead atoms. The van der Waals surface area contributed by atoms with Gasteiger partial charge in [0.2, 0.25) is 0 Å². The first kappa shape index (κ1) is 11.6. The molecule has 0 saturated heterocycles. The Bertz CT molecular complexity index is 351. The Morgan fingerprint density at radius 1 is 1.50 bits per heavy atom. The van der Waals surface area contributed by atoms with Crippen LogP contribution < -0.4 is 0 Å². The molecule has 1 fully saturated rings. The number of aromatic nitrogens is 2. The lowest BCUT2D eigenvalue weighted by molar-refractivity contribution is 0.179. The summed E-state index contributed by atoms with van der Waals surface area (Å²) in [5.41, 5.74) is 2.20. The highest BCUT2D eigenvalue weighted by molar-refractivity contribution is 5.20. The second kappa shape index (κ2) is 4.58. The summed E-state index contributed by atoms with van der Waals surface area (Å²) in [6.45, 7) is 7.76. The van der Waals surface area contributed by atoms with Gasteiger partial charge in [0, 0.05) is 17.8 Å². The van der Waals surface area contributed by atoms with E-state index in [4.69, 9.17) is 0 Å². The van der Waals surface area contributed by atoms with Gasteiger partial charge in [0.1, 0.15) is 0 Å². The van der Waals surface area contributed by atoms with Gasteiger partial charge in [0.25, 0.3) is 0 Å². The Kier molecular flexibility index (Phi) is 3.33. The van der Waals surface area contributed by atoms with Crippen LogP contribution in [0.2, 0.25) is 0 Å². The van der Waals surface area contributed by atoms with Crippen LogP contribution in [-0.2, 0) is 13.2 Å². The third-order valence-corrected chi connectivity index (χ3v) is 3.58. The quantitative estimate of drug-likeness (QED) is 0.850. The van der Waals surface area contributed by atoms with Gasteiger partial charge in [0.15, 0.2) is 0 Å². The van der Waals surface area contributed by atoms with E-state index in [9.17, 15) is 5.11 Å². The van der Waals surface area contributed by atoms with Gasteiger partial charge in [-0.15, -0.1) is 0 Å². The molecule has 0 amide bonds. The predicted octanol–water partition coefficient (Wildman–Crippen LogP) is 2.54. The molecule has 3 nitrogen and oxygen atoms in total. The molecule has 1 aromatic rings. The summed E-state index contributed by atoms with van der Waals surface area (Å²) in [4.78, 5) is 0. The molecule has 0 spiro atoms. The third kappa shape index (κ3) is 2.14. The van der Waals surface area contributed by atoms with Gasteiger partial charge in [-0.2, -0.15) is 5.10 Å². The summed E-state index contributed by atoms with van der Waals surface area (Å²) in [5.74, 6) is 2.11. The Hall–Kier alpha value is -0.830. The van der Waals surface area contributed by atoms with Crippen molar-refractivity contribution in [2.24, 2.45) is 11.8 Å². The lowest BCUT2D eigenvalue weighted by Gasteiger charge is -2.33. The number of rotatable bonds is 4. The maximum atomic E-state index is 9.27. The number of hydrogen-bond acceptors (Lipinski definition) is 2. The smallest absolute Gasteiger partial charge is 0.0715 e. The Morgan fingerprint density at radius 2 is 2.19 bits per heavy atom. The monoisotopic (exact) mass is 222 g/mol. The highest BCUT2D eigenvalue weighted by atomic mass is 16.3. The van der Waals surface area contributed by atoms with E-state index in [-0.39, 0.29) is 6.61 Å². The Morgan fingerprint density at radius 3 is 2.69 bits per heavy atom. The molecule has 2 rings (SSSR count). The molecule has 3 heteroatoms. The molecule has 1 saturated carbocycles. The normalized spacial score (nSPS) is 24.8. The van der Waals surface area contributed by atoms with Crippen molar-refractivity contribution in [2.75, 3.05) is 0 Å². The molecule has 1 N–H and O–H groups in total. The van der Waals surface area contributed by atoms with Crippen LogP contribution in [0.25, 0.3) is 0 Å². The molecule has 90 valence electrons. The number of hydrogen-bond donors (Lipinski definition) is 1. The maximum absolute atomic E-state index is 9.27. The van der Waals surface area contributed by atoms with Crippen LogP contribution in [-0.4, -0.2) is 14.9 Å². The molecule has 1 aliphatic carbocycles. The van der Waals surface area contributed by atoms with E-state index in [1.807, 2.05) is 6.20 Å². The van der Waals surface area contributed by atoms with Crippen LogP contribution >= 0.6 is 0 Å². The molecule has 1 aliphatic rings. The van der Waals surface area contributed by atoms with Crippen LogP contribution in [0.5, 0.6) is 0 Å². The molecule has 0 radical (unpaired) electrons. The second-order valence-corrected chi connectivity index (χ2v) is 5.49. The highest BCUT2D eigenvalue weighted by Crippen LogP contribution is 2.35. The van der Waals surface area contributed by atoms with Crippen molar-refractivity contribution >= 4 is 0 Å². The van der Waals surface area contributed by atoms with Gasteiger partial charge in [0.05, 0.1) is 12.8 Å². The average Bonchev–Trinajstić information content (AvgIpc) is 2.58. The van der Waals surface area contributed by atoms with E-state index in [2.05, 4.69) is 30.6 Å². The first-order chi connectivity index (χ1) is 7.61. The summed E-state index contributed by atoms with van der Waals surface area (Å²) in [5, 5.41) is 13.7. The zero-order valence-corrected chi connectivity index (χ0v) is 10.5. The SMILES string of the molecule is CC1CC(Cn2ncc(CO)c2C(C)C)C1. The minimum absolute atomic E-state index is 0.106. The second-order valence-electron chi connectivity index (χ2n) is 5.49. The van der Waals surface area contributed by atoms with Crippen molar-refractivity contribution in [1.82, 2.24) is 9.78 Å². The van der Waals surface area contributed by atoms with Crippen LogP contribution in [0, 0.1) is 11.8 Å². The fourth-order valence-electron chi connectivity index (χ4n) is 2.83. The van der Waals surface area contributed by atoms with Gasteiger partial charge in [-0.1, -0.05) is 20.8 Å². The number of aliphatic hydroxyl groups is 1. The molecule has 0 unspecified atom stereocenters. The molecule has 1 aromatic heterocycles. The zero-order valence-electron chi connectivity index (χ0n) is 10.5. The van der Waals surface area contributed by atoms with Gasteiger partial charge in [-0.3, -0.25) is 4.68 Å². The summed E-state index contributed by atoms with van der Waals surface area (Å²) in [6, 6.07) is 0. The van der Waals surface area contributed by atoms with Crippen LogP contribution in [0.3, 0.4) is 0 Å². The first-order valence-electron chi connectivity index (χ1n) is 6.27. The van der Waals surface area contributed by atoms with Crippen molar-refractivity contribution in [2.45, 2.75) is 52.7 Å². The summed E-state index contributed by atoms with van der Waals surface area (Å²) >= 11 is 0.